The minimum Gasteiger partial charge on any atom is -0.302 e. The van der Waals surface area contributed by atoms with Gasteiger partial charge in [-0.25, -0.2) is 4.39 Å². The highest BCUT2D eigenvalue weighted by atomic mass is 19.1. The van der Waals surface area contributed by atoms with Crippen LogP contribution < -0.4 is 5.32 Å². The topological polar surface area (TPSA) is 24.9 Å². The summed E-state index contributed by atoms with van der Waals surface area (Å²) >= 11 is 0. The molecule has 3 heteroatoms. The lowest BCUT2D eigenvalue weighted by atomic mass is 10.1. The fourth-order valence-electron chi connectivity index (χ4n) is 2.01. The highest BCUT2D eigenvalue weighted by Crippen LogP contribution is 2.20. The Bertz CT molecular complexity index is 499. The molecule has 2 atom stereocenters. The first-order valence-corrected chi connectivity index (χ1v) is 6.10. The number of halogens is 1. The van der Waals surface area contributed by atoms with E-state index in [1.54, 1.807) is 18.3 Å². The van der Waals surface area contributed by atoms with Crippen molar-refractivity contribution in [1.82, 2.24) is 10.3 Å². The van der Waals surface area contributed by atoms with E-state index in [1.165, 1.54) is 6.07 Å². The zero-order valence-corrected chi connectivity index (χ0v) is 10.6. The minimum absolute atomic E-state index is 0.0526. The standard InChI is InChI=1S/C15H17FN2/c1-11(13-7-3-4-8-14(13)16)18-12(2)15-9-5-6-10-17-15/h3-12,18H,1-2H3/t11-,12?/m1/s1. The van der Waals surface area contributed by atoms with Gasteiger partial charge in [-0.2, -0.15) is 0 Å². The molecule has 0 fully saturated rings. The molecule has 1 heterocycles. The van der Waals surface area contributed by atoms with E-state index < -0.39 is 0 Å². The largest absolute Gasteiger partial charge is 0.302 e. The predicted octanol–water partition coefficient (Wildman–Crippen LogP) is 3.63. The molecule has 1 aromatic heterocycles. The molecular formula is C15H17FN2. The van der Waals surface area contributed by atoms with Gasteiger partial charge < -0.3 is 5.32 Å². The maximum absolute atomic E-state index is 13.6. The van der Waals surface area contributed by atoms with E-state index in [-0.39, 0.29) is 17.9 Å². The van der Waals surface area contributed by atoms with Crippen LogP contribution in [0.4, 0.5) is 4.39 Å². The maximum Gasteiger partial charge on any atom is 0.127 e. The smallest absolute Gasteiger partial charge is 0.127 e. The minimum atomic E-state index is -0.175. The van der Waals surface area contributed by atoms with Gasteiger partial charge in [-0.05, 0) is 32.0 Å². The van der Waals surface area contributed by atoms with Crippen molar-refractivity contribution in [3.63, 3.8) is 0 Å². The van der Waals surface area contributed by atoms with Crippen LogP contribution in [0.5, 0.6) is 0 Å². The number of nitrogens with one attached hydrogen (secondary N) is 1. The van der Waals surface area contributed by atoms with Gasteiger partial charge in [0.05, 0.1) is 5.69 Å². The molecule has 2 nitrogen and oxygen atoms in total. The number of aromatic nitrogens is 1. The number of hydrogen-bond donors (Lipinski definition) is 1. The zero-order valence-electron chi connectivity index (χ0n) is 10.6. The Morgan fingerprint density at radius 2 is 1.72 bits per heavy atom. The highest BCUT2D eigenvalue weighted by molar-refractivity contribution is 5.21. The van der Waals surface area contributed by atoms with E-state index in [4.69, 9.17) is 0 Å². The number of hydrogen-bond acceptors (Lipinski definition) is 2. The first-order chi connectivity index (χ1) is 8.68. The predicted molar refractivity (Wildman–Crippen MR) is 70.6 cm³/mol. The van der Waals surface area contributed by atoms with E-state index in [9.17, 15) is 4.39 Å². The van der Waals surface area contributed by atoms with Crippen LogP contribution in [0, 0.1) is 5.82 Å². The van der Waals surface area contributed by atoms with Gasteiger partial charge in [0.15, 0.2) is 0 Å². The van der Waals surface area contributed by atoms with Gasteiger partial charge in [0.2, 0.25) is 0 Å². The van der Waals surface area contributed by atoms with Crippen molar-refractivity contribution < 1.29 is 4.39 Å². The van der Waals surface area contributed by atoms with E-state index >= 15 is 0 Å². The molecule has 94 valence electrons. The summed E-state index contributed by atoms with van der Waals surface area (Å²) in [6.07, 6.45) is 1.77. The lowest BCUT2D eigenvalue weighted by molar-refractivity contribution is 0.467. The van der Waals surface area contributed by atoms with Gasteiger partial charge in [-0.3, -0.25) is 4.98 Å². The van der Waals surface area contributed by atoms with E-state index in [0.29, 0.717) is 5.56 Å². The van der Waals surface area contributed by atoms with E-state index in [0.717, 1.165) is 5.69 Å². The second kappa shape index (κ2) is 5.74. The van der Waals surface area contributed by atoms with Gasteiger partial charge in [0, 0.05) is 23.8 Å². The molecule has 0 spiro atoms. The van der Waals surface area contributed by atoms with Crippen LogP contribution in [0.15, 0.2) is 48.7 Å². The summed E-state index contributed by atoms with van der Waals surface area (Å²) in [5.74, 6) is -0.175. The van der Waals surface area contributed by atoms with Crippen LogP contribution >= 0.6 is 0 Å². The van der Waals surface area contributed by atoms with Gasteiger partial charge >= 0.3 is 0 Å². The molecule has 0 aliphatic carbocycles. The average Bonchev–Trinajstić information content (AvgIpc) is 2.40. The molecule has 0 bridgehead atoms. The molecule has 0 amide bonds. The summed E-state index contributed by atoms with van der Waals surface area (Å²) in [5.41, 5.74) is 1.64. The second-order valence-corrected chi connectivity index (χ2v) is 4.39. The fourth-order valence-corrected chi connectivity index (χ4v) is 2.01. The Labute approximate surface area is 107 Å². The number of pyridine rings is 1. The van der Waals surface area contributed by atoms with Crippen LogP contribution in [-0.4, -0.2) is 4.98 Å². The normalized spacial score (nSPS) is 14.2. The molecule has 0 aliphatic rings. The Morgan fingerprint density at radius 3 is 2.39 bits per heavy atom. The maximum atomic E-state index is 13.6. The second-order valence-electron chi connectivity index (χ2n) is 4.39. The first kappa shape index (κ1) is 12.7. The zero-order chi connectivity index (χ0) is 13.0. The molecule has 1 N–H and O–H groups in total. The van der Waals surface area contributed by atoms with Crippen LogP contribution in [0.25, 0.3) is 0 Å². The molecule has 1 aromatic carbocycles. The molecule has 0 aliphatic heterocycles. The van der Waals surface area contributed by atoms with Crippen LogP contribution in [0.2, 0.25) is 0 Å². The van der Waals surface area contributed by atoms with Gasteiger partial charge in [0.1, 0.15) is 5.82 Å². The molecular weight excluding hydrogens is 227 g/mol. The van der Waals surface area contributed by atoms with Crippen LogP contribution in [0.3, 0.4) is 0 Å². The lowest BCUT2D eigenvalue weighted by Crippen LogP contribution is -2.23. The molecule has 0 saturated carbocycles. The van der Waals surface area contributed by atoms with E-state index in [2.05, 4.69) is 10.3 Å². The monoisotopic (exact) mass is 244 g/mol. The van der Waals surface area contributed by atoms with Crippen LogP contribution in [-0.2, 0) is 0 Å². The summed E-state index contributed by atoms with van der Waals surface area (Å²) in [7, 11) is 0. The summed E-state index contributed by atoms with van der Waals surface area (Å²) in [5, 5.41) is 3.35. The highest BCUT2D eigenvalue weighted by Gasteiger charge is 2.14. The Kier molecular flexibility index (Phi) is 4.05. The average molecular weight is 244 g/mol. The summed E-state index contributed by atoms with van der Waals surface area (Å²) in [4.78, 5) is 4.29. The quantitative estimate of drug-likeness (QED) is 0.888. The first-order valence-electron chi connectivity index (χ1n) is 6.10. The molecule has 0 saturated heterocycles. The van der Waals surface area contributed by atoms with Gasteiger partial charge in [0.25, 0.3) is 0 Å². The number of benzene rings is 1. The number of rotatable bonds is 4. The van der Waals surface area contributed by atoms with Crippen molar-refractivity contribution in [2.24, 2.45) is 0 Å². The third-order valence-corrected chi connectivity index (χ3v) is 3.00. The van der Waals surface area contributed by atoms with Crippen molar-refractivity contribution >= 4 is 0 Å². The van der Waals surface area contributed by atoms with Crippen molar-refractivity contribution in [3.8, 4) is 0 Å². The fraction of sp³-hybridized carbons (Fsp3) is 0.267. The Hall–Kier alpha value is -1.74. The van der Waals surface area contributed by atoms with Crippen molar-refractivity contribution in [2.75, 3.05) is 0 Å². The molecule has 2 aromatic rings. The molecule has 1 unspecified atom stereocenters. The van der Waals surface area contributed by atoms with E-state index in [1.807, 2.05) is 38.1 Å². The summed E-state index contributed by atoms with van der Waals surface area (Å²) < 4.78 is 13.6. The molecule has 0 radical (unpaired) electrons. The Balaban J connectivity index is 2.08. The summed E-state index contributed by atoms with van der Waals surface area (Å²) in [6.45, 7) is 3.98. The number of nitrogens with zero attached hydrogens (tertiary/aromatic N) is 1. The van der Waals surface area contributed by atoms with Gasteiger partial charge in [-0.1, -0.05) is 24.3 Å². The van der Waals surface area contributed by atoms with Crippen molar-refractivity contribution in [1.29, 1.82) is 0 Å². The lowest BCUT2D eigenvalue weighted by Gasteiger charge is -2.20. The molecule has 18 heavy (non-hydrogen) atoms. The third-order valence-electron chi connectivity index (χ3n) is 3.00. The third kappa shape index (κ3) is 2.93. The SMILES string of the molecule is CC(N[C@H](C)c1ccccc1F)c1ccccn1. The molecule has 2 rings (SSSR count). The van der Waals surface area contributed by atoms with Crippen molar-refractivity contribution in [3.05, 3.63) is 65.7 Å². The van der Waals surface area contributed by atoms with Gasteiger partial charge in [-0.15, -0.1) is 0 Å². The van der Waals surface area contributed by atoms with Crippen molar-refractivity contribution in [2.45, 2.75) is 25.9 Å². The van der Waals surface area contributed by atoms with Crippen LogP contribution in [0.1, 0.15) is 37.2 Å². The summed E-state index contributed by atoms with van der Waals surface area (Å²) in [6, 6.07) is 12.7. The Morgan fingerprint density at radius 1 is 1.00 bits per heavy atom.